The number of guanidine groups is 1. The van der Waals surface area contributed by atoms with E-state index in [4.69, 9.17) is 4.74 Å². The Balaban J connectivity index is 1.43. The fourth-order valence-corrected chi connectivity index (χ4v) is 3.44. The molecule has 160 valence electrons. The molecule has 1 heterocycles. The summed E-state index contributed by atoms with van der Waals surface area (Å²) in [5, 5.41) is 16.3. The number of ether oxygens (including phenoxy) is 1. The van der Waals surface area contributed by atoms with Crippen molar-refractivity contribution in [2.24, 2.45) is 4.99 Å². The van der Waals surface area contributed by atoms with Crippen molar-refractivity contribution in [3.63, 3.8) is 0 Å². The van der Waals surface area contributed by atoms with Crippen LogP contribution >= 0.6 is 0 Å². The summed E-state index contributed by atoms with van der Waals surface area (Å²) in [4.78, 5) is 21.0. The number of nitrogens with zero attached hydrogens (tertiary/aromatic N) is 3. The maximum atomic E-state index is 12.3. The first-order chi connectivity index (χ1) is 14.6. The number of nitrogens with one attached hydrogen (secondary N) is 2. The van der Waals surface area contributed by atoms with Crippen LogP contribution in [0.15, 0.2) is 53.5 Å². The molecule has 0 saturated carbocycles. The Bertz CT molecular complexity index is 879. The number of aliphatic imine (C=N–C) groups is 1. The highest BCUT2D eigenvalue weighted by atomic mass is 16.5. The third kappa shape index (κ3) is 5.34. The minimum absolute atomic E-state index is 0.137. The predicted octanol–water partition coefficient (Wildman–Crippen LogP) is 1.53. The minimum Gasteiger partial charge on any atom is -0.506 e. The largest absolute Gasteiger partial charge is 0.506 e. The van der Waals surface area contributed by atoms with Gasteiger partial charge in [0, 0.05) is 51.9 Å². The van der Waals surface area contributed by atoms with Crippen molar-refractivity contribution < 1.29 is 14.6 Å². The van der Waals surface area contributed by atoms with Crippen LogP contribution in [0.5, 0.6) is 11.5 Å². The third-order valence-electron chi connectivity index (χ3n) is 5.04. The van der Waals surface area contributed by atoms with Gasteiger partial charge in [-0.3, -0.25) is 9.79 Å². The number of methoxy groups -OCH3 is 1. The molecule has 1 amide bonds. The topological polar surface area (TPSA) is 89.4 Å². The van der Waals surface area contributed by atoms with Gasteiger partial charge in [-0.1, -0.05) is 18.2 Å². The molecular formula is C22H29N5O3. The zero-order valence-electron chi connectivity index (χ0n) is 17.5. The van der Waals surface area contributed by atoms with Gasteiger partial charge in [-0.25, -0.2) is 0 Å². The van der Waals surface area contributed by atoms with Crippen molar-refractivity contribution in [3.8, 4) is 11.5 Å². The first-order valence-electron chi connectivity index (χ1n) is 10.0. The highest BCUT2D eigenvalue weighted by molar-refractivity contribution is 5.94. The summed E-state index contributed by atoms with van der Waals surface area (Å²) in [5.41, 5.74) is 1.43. The van der Waals surface area contributed by atoms with Crippen molar-refractivity contribution in [1.29, 1.82) is 0 Å². The molecule has 0 bridgehead atoms. The van der Waals surface area contributed by atoms with Crippen LogP contribution < -0.4 is 20.3 Å². The molecule has 3 N–H and O–H groups in total. The molecule has 30 heavy (non-hydrogen) atoms. The van der Waals surface area contributed by atoms with Crippen molar-refractivity contribution in [3.05, 3.63) is 54.1 Å². The Labute approximate surface area is 177 Å². The van der Waals surface area contributed by atoms with Gasteiger partial charge >= 0.3 is 0 Å². The van der Waals surface area contributed by atoms with Gasteiger partial charge in [0.2, 0.25) is 0 Å². The molecule has 0 unspecified atom stereocenters. The number of carbonyl (C=O) groups excluding carboxylic acids is 1. The SMILES string of the molecule is CN=C(NCCNC(=O)c1cccc(OC)c1)N1CCN(c2ccccc2O)CC1. The fourth-order valence-electron chi connectivity index (χ4n) is 3.44. The van der Waals surface area contributed by atoms with Gasteiger partial charge < -0.3 is 30.3 Å². The molecule has 1 fully saturated rings. The summed E-state index contributed by atoms with van der Waals surface area (Å²) in [6.07, 6.45) is 0. The van der Waals surface area contributed by atoms with E-state index in [1.165, 1.54) is 0 Å². The first kappa shape index (κ1) is 21.3. The molecule has 1 saturated heterocycles. The minimum atomic E-state index is -0.137. The van der Waals surface area contributed by atoms with Crippen LogP contribution in [-0.2, 0) is 0 Å². The number of piperazine rings is 1. The van der Waals surface area contributed by atoms with Crippen molar-refractivity contribution >= 4 is 17.6 Å². The Morgan fingerprint density at radius 2 is 1.80 bits per heavy atom. The first-order valence-corrected chi connectivity index (χ1v) is 10.0. The van der Waals surface area contributed by atoms with Crippen molar-refractivity contribution in [2.75, 3.05) is 58.3 Å². The Morgan fingerprint density at radius 1 is 1.07 bits per heavy atom. The van der Waals surface area contributed by atoms with E-state index in [1.54, 1.807) is 44.5 Å². The Morgan fingerprint density at radius 3 is 2.50 bits per heavy atom. The van der Waals surface area contributed by atoms with E-state index in [1.807, 2.05) is 18.2 Å². The lowest BCUT2D eigenvalue weighted by atomic mass is 10.2. The number of carbonyl (C=O) groups is 1. The fraction of sp³-hybridized carbons (Fsp3) is 0.364. The number of anilines is 1. The highest BCUT2D eigenvalue weighted by Gasteiger charge is 2.21. The van der Waals surface area contributed by atoms with Gasteiger partial charge in [0.25, 0.3) is 5.91 Å². The van der Waals surface area contributed by atoms with Crippen LogP contribution in [0.25, 0.3) is 0 Å². The van der Waals surface area contributed by atoms with Crippen molar-refractivity contribution in [2.45, 2.75) is 0 Å². The maximum absolute atomic E-state index is 12.3. The highest BCUT2D eigenvalue weighted by Crippen LogP contribution is 2.27. The summed E-state index contributed by atoms with van der Waals surface area (Å²) >= 11 is 0. The number of benzene rings is 2. The lowest BCUT2D eigenvalue weighted by molar-refractivity contribution is 0.0954. The number of aromatic hydroxyl groups is 1. The van der Waals surface area contributed by atoms with Gasteiger partial charge in [0.05, 0.1) is 12.8 Å². The molecule has 1 aliphatic rings. The number of phenols is 1. The second kappa shape index (κ2) is 10.4. The van der Waals surface area contributed by atoms with Gasteiger partial charge in [0.15, 0.2) is 5.96 Å². The molecule has 0 radical (unpaired) electrons. The molecule has 0 aromatic heterocycles. The van der Waals surface area contributed by atoms with Crippen LogP contribution in [0.2, 0.25) is 0 Å². The Hall–Kier alpha value is -3.42. The number of rotatable bonds is 6. The zero-order valence-corrected chi connectivity index (χ0v) is 17.5. The number of hydrogen-bond donors (Lipinski definition) is 3. The van der Waals surface area contributed by atoms with E-state index in [9.17, 15) is 9.90 Å². The van der Waals surface area contributed by atoms with Gasteiger partial charge in [-0.15, -0.1) is 0 Å². The zero-order chi connectivity index (χ0) is 21.3. The second-order valence-electron chi connectivity index (χ2n) is 6.92. The predicted molar refractivity (Wildman–Crippen MR) is 119 cm³/mol. The molecular weight excluding hydrogens is 382 g/mol. The molecule has 8 nitrogen and oxygen atoms in total. The van der Waals surface area contributed by atoms with Crippen LogP contribution in [0, 0.1) is 0 Å². The average Bonchev–Trinajstić information content (AvgIpc) is 2.79. The summed E-state index contributed by atoms with van der Waals surface area (Å²) in [6, 6.07) is 14.5. The van der Waals surface area contributed by atoms with E-state index in [0.29, 0.717) is 30.2 Å². The van der Waals surface area contributed by atoms with E-state index < -0.39 is 0 Å². The second-order valence-corrected chi connectivity index (χ2v) is 6.92. The lowest BCUT2D eigenvalue weighted by Crippen LogP contribution is -2.53. The average molecular weight is 412 g/mol. The van der Waals surface area contributed by atoms with E-state index in [-0.39, 0.29) is 5.91 Å². The summed E-state index contributed by atoms with van der Waals surface area (Å²) in [6.45, 7) is 4.24. The molecule has 0 spiro atoms. The van der Waals surface area contributed by atoms with Crippen LogP contribution in [0.4, 0.5) is 5.69 Å². The molecule has 3 rings (SSSR count). The Kier molecular flexibility index (Phi) is 7.37. The number of phenolic OH excluding ortho intramolecular Hbond substituents is 1. The van der Waals surface area contributed by atoms with Gasteiger partial charge in [-0.2, -0.15) is 0 Å². The van der Waals surface area contributed by atoms with Crippen molar-refractivity contribution in [1.82, 2.24) is 15.5 Å². The normalized spacial score (nSPS) is 14.4. The number of hydrogen-bond acceptors (Lipinski definition) is 5. The molecule has 1 aliphatic heterocycles. The van der Waals surface area contributed by atoms with Crippen LogP contribution in [-0.4, -0.2) is 75.3 Å². The molecule has 0 atom stereocenters. The molecule has 2 aromatic rings. The van der Waals surface area contributed by atoms with Crippen LogP contribution in [0.1, 0.15) is 10.4 Å². The molecule has 2 aromatic carbocycles. The number of amides is 1. The van der Waals surface area contributed by atoms with Gasteiger partial charge in [0.1, 0.15) is 11.5 Å². The molecule has 8 heteroatoms. The van der Waals surface area contributed by atoms with E-state index >= 15 is 0 Å². The quantitative estimate of drug-likeness (QED) is 0.380. The maximum Gasteiger partial charge on any atom is 0.251 e. The summed E-state index contributed by atoms with van der Waals surface area (Å²) < 4.78 is 5.16. The van der Waals surface area contributed by atoms with Crippen LogP contribution in [0.3, 0.4) is 0 Å². The van der Waals surface area contributed by atoms with E-state index in [0.717, 1.165) is 37.8 Å². The smallest absolute Gasteiger partial charge is 0.251 e. The lowest BCUT2D eigenvalue weighted by Gasteiger charge is -2.37. The monoisotopic (exact) mass is 411 g/mol. The summed E-state index contributed by atoms with van der Waals surface area (Å²) in [7, 11) is 3.33. The molecule has 0 aliphatic carbocycles. The standard InChI is InChI=1S/C22H29N5O3/c1-23-22(25-11-10-24-21(29)17-6-5-7-18(16-17)30-2)27-14-12-26(13-15-27)19-8-3-4-9-20(19)28/h3-9,16,28H,10-15H2,1-2H3,(H,23,25)(H,24,29). The third-order valence-corrected chi connectivity index (χ3v) is 5.04. The van der Waals surface area contributed by atoms with Gasteiger partial charge in [-0.05, 0) is 30.3 Å². The number of para-hydroxylation sites is 2. The summed E-state index contributed by atoms with van der Waals surface area (Å²) in [5.74, 6) is 1.63. The van der Waals surface area contributed by atoms with E-state index in [2.05, 4.69) is 25.4 Å².